The van der Waals surface area contributed by atoms with Gasteiger partial charge in [-0.05, 0) is 43.4 Å². The number of hydrogen-bond acceptors (Lipinski definition) is 2. The SMILES string of the molecule is Cc1nn(CC(C)C)c(C)c1CC(=O)Nc1ccc(C(C)C)cc1. The lowest BCUT2D eigenvalue weighted by atomic mass is 10.0. The van der Waals surface area contributed by atoms with Crippen molar-refractivity contribution in [3.8, 4) is 0 Å². The van der Waals surface area contributed by atoms with E-state index >= 15 is 0 Å². The van der Waals surface area contributed by atoms with E-state index in [2.05, 4.69) is 50.2 Å². The van der Waals surface area contributed by atoms with Crippen molar-refractivity contribution in [3.63, 3.8) is 0 Å². The van der Waals surface area contributed by atoms with Crippen molar-refractivity contribution in [2.75, 3.05) is 5.32 Å². The summed E-state index contributed by atoms with van der Waals surface area (Å²) in [5.41, 5.74) is 5.18. The van der Waals surface area contributed by atoms with Gasteiger partial charge in [0.25, 0.3) is 0 Å². The number of anilines is 1. The minimum atomic E-state index is 0.00240. The lowest BCUT2D eigenvalue weighted by molar-refractivity contribution is -0.115. The summed E-state index contributed by atoms with van der Waals surface area (Å²) in [4.78, 5) is 12.4. The van der Waals surface area contributed by atoms with Gasteiger partial charge in [-0.25, -0.2) is 0 Å². The molecule has 0 saturated carbocycles. The van der Waals surface area contributed by atoms with Crippen LogP contribution in [0.3, 0.4) is 0 Å². The van der Waals surface area contributed by atoms with E-state index in [9.17, 15) is 4.79 Å². The molecule has 0 unspecified atom stereocenters. The molecule has 0 spiro atoms. The minimum Gasteiger partial charge on any atom is -0.326 e. The van der Waals surface area contributed by atoms with Crippen LogP contribution in [0.25, 0.3) is 0 Å². The molecule has 0 aliphatic heterocycles. The van der Waals surface area contributed by atoms with Crippen molar-refractivity contribution in [2.45, 2.75) is 60.4 Å². The molecule has 1 N–H and O–H groups in total. The molecule has 2 aromatic rings. The van der Waals surface area contributed by atoms with Gasteiger partial charge in [0, 0.05) is 23.5 Å². The summed E-state index contributed by atoms with van der Waals surface area (Å²) in [6.07, 6.45) is 0.363. The molecular weight excluding hydrogens is 298 g/mol. The standard InChI is InChI=1S/C20H29N3O/c1-13(2)12-23-16(6)19(15(5)22-23)11-20(24)21-18-9-7-17(8-10-18)14(3)4/h7-10,13-14H,11-12H2,1-6H3,(H,21,24). The lowest BCUT2D eigenvalue weighted by Crippen LogP contribution is -2.15. The molecule has 0 aliphatic rings. The van der Waals surface area contributed by atoms with Gasteiger partial charge in [0.2, 0.25) is 5.91 Å². The van der Waals surface area contributed by atoms with Gasteiger partial charge in [0.1, 0.15) is 0 Å². The highest BCUT2D eigenvalue weighted by molar-refractivity contribution is 5.92. The van der Waals surface area contributed by atoms with E-state index in [-0.39, 0.29) is 5.91 Å². The van der Waals surface area contributed by atoms with Crippen LogP contribution in [-0.2, 0) is 17.8 Å². The predicted octanol–water partition coefficient (Wildman–Crippen LogP) is 4.46. The second-order valence-corrected chi connectivity index (χ2v) is 7.23. The highest BCUT2D eigenvalue weighted by Crippen LogP contribution is 2.19. The van der Waals surface area contributed by atoms with Crippen LogP contribution in [0.15, 0.2) is 24.3 Å². The summed E-state index contributed by atoms with van der Waals surface area (Å²) in [7, 11) is 0. The summed E-state index contributed by atoms with van der Waals surface area (Å²) in [5.74, 6) is 1.03. The molecule has 130 valence electrons. The number of nitrogens with zero attached hydrogens (tertiary/aromatic N) is 2. The Hall–Kier alpha value is -2.10. The van der Waals surface area contributed by atoms with Gasteiger partial charge in [-0.15, -0.1) is 0 Å². The van der Waals surface area contributed by atoms with Crippen LogP contribution in [0.4, 0.5) is 5.69 Å². The van der Waals surface area contributed by atoms with Gasteiger partial charge in [-0.2, -0.15) is 5.10 Å². The smallest absolute Gasteiger partial charge is 0.228 e. The van der Waals surface area contributed by atoms with Gasteiger partial charge in [0.15, 0.2) is 0 Å². The topological polar surface area (TPSA) is 46.9 Å². The fraction of sp³-hybridized carbons (Fsp3) is 0.500. The monoisotopic (exact) mass is 327 g/mol. The summed E-state index contributed by atoms with van der Waals surface area (Å²) >= 11 is 0. The van der Waals surface area contributed by atoms with Crippen molar-refractivity contribution in [2.24, 2.45) is 5.92 Å². The number of aromatic nitrogens is 2. The summed E-state index contributed by atoms with van der Waals surface area (Å²) in [6.45, 7) is 13.6. The van der Waals surface area contributed by atoms with Gasteiger partial charge in [-0.3, -0.25) is 9.48 Å². The first-order chi connectivity index (χ1) is 11.3. The summed E-state index contributed by atoms with van der Waals surface area (Å²) in [6, 6.07) is 8.07. The predicted molar refractivity (Wildman–Crippen MR) is 99.4 cm³/mol. The maximum atomic E-state index is 12.4. The Morgan fingerprint density at radius 2 is 1.75 bits per heavy atom. The molecule has 0 radical (unpaired) electrons. The van der Waals surface area contributed by atoms with Gasteiger partial charge in [0.05, 0.1) is 12.1 Å². The van der Waals surface area contributed by atoms with Crippen LogP contribution in [0.5, 0.6) is 0 Å². The van der Waals surface area contributed by atoms with Crippen LogP contribution in [0, 0.1) is 19.8 Å². The van der Waals surface area contributed by atoms with Gasteiger partial charge < -0.3 is 5.32 Å². The number of nitrogens with one attached hydrogen (secondary N) is 1. The van der Waals surface area contributed by atoms with E-state index in [0.717, 1.165) is 29.2 Å². The molecule has 2 rings (SSSR count). The minimum absolute atomic E-state index is 0.00240. The van der Waals surface area contributed by atoms with Crippen molar-refractivity contribution in [1.29, 1.82) is 0 Å². The second kappa shape index (κ2) is 7.65. The summed E-state index contributed by atoms with van der Waals surface area (Å²) in [5, 5.41) is 7.56. The molecule has 24 heavy (non-hydrogen) atoms. The zero-order valence-corrected chi connectivity index (χ0v) is 15.7. The highest BCUT2D eigenvalue weighted by atomic mass is 16.1. The van der Waals surface area contributed by atoms with Crippen LogP contribution in [-0.4, -0.2) is 15.7 Å². The number of benzene rings is 1. The van der Waals surface area contributed by atoms with Crippen LogP contribution in [0.1, 0.15) is 56.1 Å². The maximum absolute atomic E-state index is 12.4. The number of hydrogen-bond donors (Lipinski definition) is 1. The summed E-state index contributed by atoms with van der Waals surface area (Å²) < 4.78 is 2.01. The Morgan fingerprint density at radius 1 is 1.12 bits per heavy atom. The molecular formula is C20H29N3O. The third-order valence-electron chi connectivity index (χ3n) is 4.27. The number of aryl methyl sites for hydroxylation is 1. The third kappa shape index (κ3) is 4.47. The average Bonchev–Trinajstić information content (AvgIpc) is 2.74. The Balaban J connectivity index is 2.05. The fourth-order valence-electron chi connectivity index (χ4n) is 2.83. The molecule has 1 aromatic carbocycles. The van der Waals surface area contributed by atoms with Crippen LogP contribution < -0.4 is 5.32 Å². The Kier molecular flexibility index (Phi) is 5.81. The van der Waals surface area contributed by atoms with E-state index in [4.69, 9.17) is 0 Å². The number of rotatable bonds is 6. The molecule has 0 atom stereocenters. The number of carbonyl (C=O) groups is 1. The first-order valence-electron chi connectivity index (χ1n) is 8.70. The number of amides is 1. The molecule has 1 aromatic heterocycles. The molecule has 0 fully saturated rings. The molecule has 1 amide bonds. The molecule has 0 aliphatic carbocycles. The molecule has 0 bridgehead atoms. The first kappa shape index (κ1) is 18.2. The zero-order chi connectivity index (χ0) is 17.9. The molecule has 4 nitrogen and oxygen atoms in total. The second-order valence-electron chi connectivity index (χ2n) is 7.23. The maximum Gasteiger partial charge on any atom is 0.228 e. The Bertz CT molecular complexity index is 696. The quantitative estimate of drug-likeness (QED) is 0.851. The molecule has 4 heteroatoms. The van der Waals surface area contributed by atoms with Crippen LogP contribution in [0.2, 0.25) is 0 Å². The third-order valence-corrected chi connectivity index (χ3v) is 4.27. The van der Waals surface area contributed by atoms with E-state index in [1.807, 2.05) is 30.7 Å². The highest BCUT2D eigenvalue weighted by Gasteiger charge is 2.15. The van der Waals surface area contributed by atoms with E-state index in [1.54, 1.807) is 0 Å². The van der Waals surface area contributed by atoms with Crippen molar-refractivity contribution in [1.82, 2.24) is 9.78 Å². The Morgan fingerprint density at radius 3 is 2.29 bits per heavy atom. The normalized spacial score (nSPS) is 11.3. The first-order valence-corrected chi connectivity index (χ1v) is 8.70. The van der Waals surface area contributed by atoms with E-state index in [1.165, 1.54) is 5.56 Å². The largest absolute Gasteiger partial charge is 0.326 e. The van der Waals surface area contributed by atoms with Crippen LogP contribution >= 0.6 is 0 Å². The molecule has 1 heterocycles. The Labute approximate surface area is 145 Å². The van der Waals surface area contributed by atoms with Crippen molar-refractivity contribution in [3.05, 3.63) is 46.8 Å². The molecule has 0 saturated heterocycles. The van der Waals surface area contributed by atoms with Gasteiger partial charge in [-0.1, -0.05) is 39.8 Å². The average molecular weight is 327 g/mol. The number of carbonyl (C=O) groups excluding carboxylic acids is 1. The van der Waals surface area contributed by atoms with E-state index in [0.29, 0.717) is 18.3 Å². The van der Waals surface area contributed by atoms with Gasteiger partial charge >= 0.3 is 0 Å². The lowest BCUT2D eigenvalue weighted by Gasteiger charge is -2.09. The van der Waals surface area contributed by atoms with Crippen molar-refractivity contribution >= 4 is 11.6 Å². The van der Waals surface area contributed by atoms with Crippen molar-refractivity contribution < 1.29 is 4.79 Å². The van der Waals surface area contributed by atoms with E-state index < -0.39 is 0 Å². The zero-order valence-electron chi connectivity index (χ0n) is 15.7. The fourth-order valence-corrected chi connectivity index (χ4v) is 2.83.